The normalized spacial score (nSPS) is 10.5. The quantitative estimate of drug-likeness (QED) is 0.521. The molecule has 0 unspecified atom stereocenters. The minimum absolute atomic E-state index is 0.660. The van der Waals surface area contributed by atoms with Gasteiger partial charge in [-0.15, -0.1) is 11.8 Å². The third kappa shape index (κ3) is 3.87. The van der Waals surface area contributed by atoms with Gasteiger partial charge in [0.05, 0.1) is 7.11 Å². The Balaban J connectivity index is 1.82. The lowest BCUT2D eigenvalue weighted by atomic mass is 10.2. The molecule has 0 aliphatic heterocycles. The van der Waals surface area contributed by atoms with Crippen molar-refractivity contribution < 1.29 is 4.74 Å². The summed E-state index contributed by atoms with van der Waals surface area (Å²) in [5, 5.41) is 0.934. The second kappa shape index (κ2) is 7.24. The van der Waals surface area contributed by atoms with Crippen molar-refractivity contribution in [1.29, 1.82) is 0 Å². The van der Waals surface area contributed by atoms with Crippen molar-refractivity contribution in [1.82, 2.24) is 15.0 Å². The molecule has 3 aromatic rings. The summed E-state index contributed by atoms with van der Waals surface area (Å²) in [5.41, 5.74) is 2.87. The zero-order valence-electron chi connectivity index (χ0n) is 13.1. The van der Waals surface area contributed by atoms with E-state index in [4.69, 9.17) is 4.74 Å². The minimum Gasteiger partial charge on any atom is -0.496 e. The van der Waals surface area contributed by atoms with Gasteiger partial charge in [0.15, 0.2) is 5.82 Å². The Kier molecular flexibility index (Phi) is 4.88. The molecule has 3 rings (SSSR count). The summed E-state index contributed by atoms with van der Waals surface area (Å²) in [7, 11) is 1.69. The SMILES string of the molecule is COc1ccccc1CSc1cc(C)nc(-c2ccccn2)n1. The Bertz CT molecular complexity index is 793. The third-order valence-corrected chi connectivity index (χ3v) is 4.25. The van der Waals surface area contributed by atoms with Crippen LogP contribution in [0.5, 0.6) is 5.75 Å². The van der Waals surface area contributed by atoms with Gasteiger partial charge in [-0.1, -0.05) is 24.3 Å². The van der Waals surface area contributed by atoms with Gasteiger partial charge in [0, 0.05) is 23.2 Å². The van der Waals surface area contributed by atoms with E-state index in [-0.39, 0.29) is 0 Å². The van der Waals surface area contributed by atoms with Crippen LogP contribution >= 0.6 is 11.8 Å². The minimum atomic E-state index is 0.660. The summed E-state index contributed by atoms with van der Waals surface area (Å²) >= 11 is 1.67. The standard InChI is InChI=1S/C18H17N3OS/c1-13-11-17(21-18(20-13)15-8-5-6-10-19-15)23-12-14-7-3-4-9-16(14)22-2/h3-11H,12H2,1-2H3. The van der Waals surface area contributed by atoms with Gasteiger partial charge in [-0.25, -0.2) is 9.97 Å². The number of para-hydroxylation sites is 1. The van der Waals surface area contributed by atoms with E-state index in [1.165, 1.54) is 0 Å². The fourth-order valence-corrected chi connectivity index (χ4v) is 3.14. The summed E-state index contributed by atoms with van der Waals surface area (Å²) in [4.78, 5) is 13.4. The molecular weight excluding hydrogens is 306 g/mol. The summed E-state index contributed by atoms with van der Waals surface area (Å²) in [6, 6.07) is 15.8. The van der Waals surface area contributed by atoms with Gasteiger partial charge in [0.25, 0.3) is 0 Å². The van der Waals surface area contributed by atoms with Gasteiger partial charge in [0.1, 0.15) is 16.5 Å². The molecule has 0 saturated heterocycles. The number of thioether (sulfide) groups is 1. The van der Waals surface area contributed by atoms with Crippen LogP contribution in [0.2, 0.25) is 0 Å². The Morgan fingerprint density at radius 2 is 1.87 bits per heavy atom. The van der Waals surface area contributed by atoms with Crippen LogP contribution in [0.25, 0.3) is 11.5 Å². The number of methoxy groups -OCH3 is 1. The smallest absolute Gasteiger partial charge is 0.179 e. The largest absolute Gasteiger partial charge is 0.496 e. The van der Waals surface area contributed by atoms with E-state index in [9.17, 15) is 0 Å². The molecule has 116 valence electrons. The molecule has 0 fully saturated rings. The lowest BCUT2D eigenvalue weighted by Crippen LogP contribution is -1.96. The predicted octanol–water partition coefficient (Wildman–Crippen LogP) is 4.15. The highest BCUT2D eigenvalue weighted by atomic mass is 32.2. The van der Waals surface area contributed by atoms with Gasteiger partial charge in [-0.3, -0.25) is 4.98 Å². The molecule has 0 amide bonds. The Morgan fingerprint density at radius 3 is 2.65 bits per heavy atom. The molecule has 2 aromatic heterocycles. The van der Waals surface area contributed by atoms with Gasteiger partial charge in [-0.05, 0) is 31.2 Å². The highest BCUT2D eigenvalue weighted by Gasteiger charge is 2.08. The van der Waals surface area contributed by atoms with Crippen molar-refractivity contribution in [3.63, 3.8) is 0 Å². The van der Waals surface area contributed by atoms with Gasteiger partial charge in [0.2, 0.25) is 0 Å². The fraction of sp³-hybridized carbons (Fsp3) is 0.167. The number of nitrogens with zero attached hydrogens (tertiary/aromatic N) is 3. The van der Waals surface area contributed by atoms with Crippen LogP contribution in [0.3, 0.4) is 0 Å². The molecule has 4 nitrogen and oxygen atoms in total. The highest BCUT2D eigenvalue weighted by molar-refractivity contribution is 7.98. The van der Waals surface area contributed by atoms with E-state index in [1.807, 2.05) is 49.4 Å². The van der Waals surface area contributed by atoms with Gasteiger partial charge < -0.3 is 4.74 Å². The first-order chi connectivity index (χ1) is 11.3. The summed E-state index contributed by atoms with van der Waals surface area (Å²) in [6.07, 6.45) is 1.75. The molecular formula is C18H17N3OS. The highest BCUT2D eigenvalue weighted by Crippen LogP contribution is 2.28. The van der Waals surface area contributed by atoms with Crippen molar-refractivity contribution in [2.75, 3.05) is 7.11 Å². The predicted molar refractivity (Wildman–Crippen MR) is 92.6 cm³/mol. The van der Waals surface area contributed by atoms with Gasteiger partial charge >= 0.3 is 0 Å². The van der Waals surface area contributed by atoms with E-state index in [0.717, 1.165) is 33.5 Å². The summed E-state index contributed by atoms with van der Waals surface area (Å²) in [5.74, 6) is 2.35. The number of hydrogen-bond acceptors (Lipinski definition) is 5. The van der Waals surface area contributed by atoms with Crippen molar-refractivity contribution in [2.45, 2.75) is 17.7 Å². The van der Waals surface area contributed by atoms with Crippen LogP contribution in [0, 0.1) is 6.92 Å². The van der Waals surface area contributed by atoms with Crippen LogP contribution in [-0.2, 0) is 5.75 Å². The van der Waals surface area contributed by atoms with E-state index >= 15 is 0 Å². The molecule has 0 radical (unpaired) electrons. The molecule has 0 aliphatic carbocycles. The average molecular weight is 323 g/mol. The molecule has 0 N–H and O–H groups in total. The summed E-state index contributed by atoms with van der Waals surface area (Å²) < 4.78 is 5.39. The first-order valence-electron chi connectivity index (χ1n) is 7.28. The second-order valence-electron chi connectivity index (χ2n) is 4.99. The van der Waals surface area contributed by atoms with Crippen LogP contribution < -0.4 is 4.74 Å². The third-order valence-electron chi connectivity index (χ3n) is 3.29. The van der Waals surface area contributed by atoms with Crippen molar-refractivity contribution in [2.24, 2.45) is 0 Å². The number of aryl methyl sites for hydroxylation is 1. The molecule has 2 heterocycles. The number of ether oxygens (including phenoxy) is 1. The molecule has 1 aromatic carbocycles. The van der Waals surface area contributed by atoms with Gasteiger partial charge in [-0.2, -0.15) is 0 Å². The Labute approximate surface area is 140 Å². The first-order valence-corrected chi connectivity index (χ1v) is 8.26. The number of aromatic nitrogens is 3. The zero-order valence-corrected chi connectivity index (χ0v) is 13.9. The summed E-state index contributed by atoms with van der Waals surface area (Å²) in [6.45, 7) is 1.97. The Hall–Kier alpha value is -2.40. The van der Waals surface area contributed by atoms with Crippen molar-refractivity contribution >= 4 is 11.8 Å². The molecule has 23 heavy (non-hydrogen) atoms. The maximum atomic E-state index is 5.39. The Morgan fingerprint density at radius 1 is 1.04 bits per heavy atom. The van der Waals surface area contributed by atoms with E-state index in [2.05, 4.69) is 21.0 Å². The second-order valence-corrected chi connectivity index (χ2v) is 5.98. The topological polar surface area (TPSA) is 47.9 Å². The van der Waals surface area contributed by atoms with Crippen LogP contribution in [0.4, 0.5) is 0 Å². The maximum absolute atomic E-state index is 5.39. The maximum Gasteiger partial charge on any atom is 0.179 e. The fourth-order valence-electron chi connectivity index (χ4n) is 2.20. The van der Waals surface area contributed by atoms with Crippen molar-refractivity contribution in [3.05, 3.63) is 66.0 Å². The lowest BCUT2D eigenvalue weighted by Gasteiger charge is -2.08. The van der Waals surface area contributed by atoms with Crippen molar-refractivity contribution in [3.8, 4) is 17.3 Å². The number of benzene rings is 1. The van der Waals surface area contributed by atoms with E-state index in [1.54, 1.807) is 25.1 Å². The average Bonchev–Trinajstić information content (AvgIpc) is 2.60. The first kappa shape index (κ1) is 15.5. The molecule has 0 bridgehead atoms. The molecule has 0 saturated carbocycles. The van der Waals surface area contributed by atoms with Crippen LogP contribution in [-0.4, -0.2) is 22.1 Å². The molecule has 0 aliphatic rings. The number of pyridine rings is 1. The molecule has 0 spiro atoms. The van der Waals surface area contributed by atoms with Crippen LogP contribution in [0.15, 0.2) is 59.8 Å². The monoisotopic (exact) mass is 323 g/mol. The lowest BCUT2D eigenvalue weighted by molar-refractivity contribution is 0.411. The van der Waals surface area contributed by atoms with E-state index in [0.29, 0.717) is 5.82 Å². The number of rotatable bonds is 5. The zero-order chi connectivity index (χ0) is 16.1. The van der Waals surface area contributed by atoms with E-state index < -0.39 is 0 Å². The number of hydrogen-bond donors (Lipinski definition) is 0. The molecule has 5 heteroatoms. The molecule has 0 atom stereocenters. The van der Waals surface area contributed by atoms with Crippen LogP contribution in [0.1, 0.15) is 11.3 Å².